The van der Waals surface area contributed by atoms with Gasteiger partial charge in [-0.3, -0.25) is 0 Å². The van der Waals surface area contributed by atoms with Gasteiger partial charge < -0.3 is 9.88 Å². The summed E-state index contributed by atoms with van der Waals surface area (Å²) >= 11 is 0. The molecule has 1 aromatic rings. The number of imidazole rings is 1. The third-order valence-corrected chi connectivity index (χ3v) is 4.54. The zero-order chi connectivity index (χ0) is 12.4. The average Bonchev–Trinajstić information content (AvgIpc) is 3.08. The fourth-order valence-electron chi connectivity index (χ4n) is 2.98. The summed E-state index contributed by atoms with van der Waals surface area (Å²) in [5.74, 6) is 2.99. The number of aryl methyl sites for hydroxylation is 1. The zero-order valence-corrected chi connectivity index (χ0v) is 11.4. The normalized spacial score (nSPS) is 28.3. The molecule has 0 atom stereocenters. The Morgan fingerprint density at radius 3 is 2.72 bits per heavy atom. The van der Waals surface area contributed by atoms with Crippen molar-refractivity contribution in [3.8, 4) is 0 Å². The minimum absolute atomic E-state index is 0.696. The Morgan fingerprint density at radius 1 is 1.22 bits per heavy atom. The van der Waals surface area contributed by atoms with Crippen LogP contribution in [0.1, 0.15) is 51.9 Å². The number of hydrogen-bond donors (Lipinski definition) is 1. The van der Waals surface area contributed by atoms with Gasteiger partial charge in [-0.15, -0.1) is 0 Å². The van der Waals surface area contributed by atoms with Gasteiger partial charge in [0.05, 0.1) is 0 Å². The van der Waals surface area contributed by atoms with Crippen LogP contribution in [0, 0.1) is 11.8 Å². The molecule has 3 heteroatoms. The van der Waals surface area contributed by atoms with Gasteiger partial charge >= 0.3 is 0 Å². The lowest BCUT2D eigenvalue weighted by Gasteiger charge is -2.26. The van der Waals surface area contributed by atoms with Crippen LogP contribution in [0.15, 0.2) is 12.4 Å². The molecular formula is C15H25N3. The van der Waals surface area contributed by atoms with Crippen molar-refractivity contribution in [2.24, 2.45) is 11.8 Å². The van der Waals surface area contributed by atoms with Crippen LogP contribution in [0.2, 0.25) is 0 Å². The van der Waals surface area contributed by atoms with Gasteiger partial charge in [0.15, 0.2) is 0 Å². The molecule has 1 aromatic heterocycles. The van der Waals surface area contributed by atoms with E-state index in [0.29, 0.717) is 6.04 Å². The summed E-state index contributed by atoms with van der Waals surface area (Å²) in [6.07, 6.45) is 13.7. The van der Waals surface area contributed by atoms with Gasteiger partial charge in [-0.25, -0.2) is 4.98 Å². The number of anilines is 1. The predicted octanol–water partition coefficient (Wildman–Crippen LogP) is 3.67. The smallest absolute Gasteiger partial charge is 0.202 e. The highest BCUT2D eigenvalue weighted by molar-refractivity contribution is 5.29. The number of rotatable bonds is 5. The van der Waals surface area contributed by atoms with E-state index in [0.717, 1.165) is 24.3 Å². The van der Waals surface area contributed by atoms with E-state index >= 15 is 0 Å². The van der Waals surface area contributed by atoms with Crippen LogP contribution in [0.25, 0.3) is 0 Å². The molecule has 3 rings (SSSR count). The quantitative estimate of drug-likeness (QED) is 0.860. The van der Waals surface area contributed by atoms with Crippen molar-refractivity contribution in [1.82, 2.24) is 9.55 Å². The van der Waals surface area contributed by atoms with Crippen LogP contribution in [0.5, 0.6) is 0 Å². The molecule has 0 spiro atoms. The van der Waals surface area contributed by atoms with E-state index in [1.165, 1.54) is 44.9 Å². The van der Waals surface area contributed by atoms with Crippen molar-refractivity contribution in [1.29, 1.82) is 0 Å². The van der Waals surface area contributed by atoms with Crippen LogP contribution < -0.4 is 5.32 Å². The fraction of sp³-hybridized carbons (Fsp3) is 0.800. The molecule has 3 nitrogen and oxygen atoms in total. The minimum atomic E-state index is 0.696. The average molecular weight is 247 g/mol. The highest BCUT2D eigenvalue weighted by Crippen LogP contribution is 2.31. The number of nitrogens with zero attached hydrogens (tertiary/aromatic N) is 2. The second-order valence-corrected chi connectivity index (χ2v) is 6.28. The first-order valence-electron chi connectivity index (χ1n) is 7.59. The molecule has 0 unspecified atom stereocenters. The lowest BCUT2D eigenvalue weighted by molar-refractivity contribution is 0.269. The maximum Gasteiger partial charge on any atom is 0.202 e. The molecule has 1 N–H and O–H groups in total. The van der Waals surface area contributed by atoms with Gasteiger partial charge in [-0.05, 0) is 31.1 Å². The Hall–Kier alpha value is -0.990. The SMILES string of the molecule is CC1CCC(CCn2ccnc2NC2CC2)CC1. The van der Waals surface area contributed by atoms with E-state index in [-0.39, 0.29) is 0 Å². The molecule has 18 heavy (non-hydrogen) atoms. The summed E-state index contributed by atoms with van der Waals surface area (Å²) < 4.78 is 2.30. The van der Waals surface area contributed by atoms with Crippen molar-refractivity contribution in [2.45, 2.75) is 64.5 Å². The van der Waals surface area contributed by atoms with Gasteiger partial charge in [-0.2, -0.15) is 0 Å². The Kier molecular flexibility index (Phi) is 3.57. The predicted molar refractivity (Wildman–Crippen MR) is 74.6 cm³/mol. The first kappa shape index (κ1) is 12.1. The van der Waals surface area contributed by atoms with Gasteiger partial charge in [0.25, 0.3) is 0 Å². The highest BCUT2D eigenvalue weighted by atomic mass is 15.2. The second-order valence-electron chi connectivity index (χ2n) is 6.28. The standard InChI is InChI=1S/C15H25N3/c1-12-2-4-13(5-3-12)8-10-18-11-9-16-15(18)17-14-6-7-14/h9,11-14H,2-8,10H2,1H3,(H,16,17). The Bertz CT molecular complexity index is 373. The largest absolute Gasteiger partial charge is 0.353 e. The van der Waals surface area contributed by atoms with Gasteiger partial charge in [0, 0.05) is 25.0 Å². The molecule has 0 radical (unpaired) electrons. The lowest BCUT2D eigenvalue weighted by Crippen LogP contribution is -2.15. The highest BCUT2D eigenvalue weighted by Gasteiger charge is 2.23. The molecule has 2 aliphatic rings. The van der Waals surface area contributed by atoms with E-state index in [2.05, 4.69) is 28.0 Å². The molecule has 100 valence electrons. The molecule has 2 aliphatic carbocycles. The lowest BCUT2D eigenvalue weighted by atomic mass is 9.81. The third-order valence-electron chi connectivity index (χ3n) is 4.54. The molecule has 2 fully saturated rings. The monoisotopic (exact) mass is 247 g/mol. The number of nitrogens with one attached hydrogen (secondary N) is 1. The van der Waals surface area contributed by atoms with E-state index < -0.39 is 0 Å². The fourth-order valence-corrected chi connectivity index (χ4v) is 2.98. The van der Waals surface area contributed by atoms with Gasteiger partial charge in [-0.1, -0.05) is 32.6 Å². The molecule has 0 bridgehead atoms. The van der Waals surface area contributed by atoms with Crippen molar-refractivity contribution in [3.63, 3.8) is 0 Å². The summed E-state index contributed by atoms with van der Waals surface area (Å²) in [5, 5.41) is 3.51. The van der Waals surface area contributed by atoms with Crippen molar-refractivity contribution in [3.05, 3.63) is 12.4 Å². The summed E-state index contributed by atoms with van der Waals surface area (Å²) in [4.78, 5) is 4.42. The van der Waals surface area contributed by atoms with Gasteiger partial charge in [0.1, 0.15) is 0 Å². The minimum Gasteiger partial charge on any atom is -0.353 e. The van der Waals surface area contributed by atoms with Crippen molar-refractivity contribution in [2.75, 3.05) is 5.32 Å². The van der Waals surface area contributed by atoms with E-state index in [1.54, 1.807) is 0 Å². The Labute approximate surface area is 110 Å². The van der Waals surface area contributed by atoms with E-state index in [9.17, 15) is 0 Å². The molecule has 0 saturated heterocycles. The van der Waals surface area contributed by atoms with Crippen molar-refractivity contribution >= 4 is 5.95 Å². The maximum atomic E-state index is 4.42. The molecule has 0 amide bonds. The van der Waals surface area contributed by atoms with Crippen molar-refractivity contribution < 1.29 is 0 Å². The summed E-state index contributed by atoms with van der Waals surface area (Å²) in [6.45, 7) is 3.53. The first-order chi connectivity index (χ1) is 8.81. The van der Waals surface area contributed by atoms with Crippen LogP contribution >= 0.6 is 0 Å². The zero-order valence-electron chi connectivity index (χ0n) is 11.4. The number of hydrogen-bond acceptors (Lipinski definition) is 2. The van der Waals surface area contributed by atoms with E-state index in [1.807, 2.05) is 6.20 Å². The molecule has 0 aliphatic heterocycles. The van der Waals surface area contributed by atoms with Crippen LogP contribution in [-0.4, -0.2) is 15.6 Å². The first-order valence-corrected chi connectivity index (χ1v) is 7.59. The second kappa shape index (κ2) is 5.33. The molecule has 1 heterocycles. The topological polar surface area (TPSA) is 29.9 Å². The van der Waals surface area contributed by atoms with E-state index in [4.69, 9.17) is 0 Å². The summed E-state index contributed by atoms with van der Waals surface area (Å²) in [6, 6.07) is 0.696. The molecule has 2 saturated carbocycles. The third kappa shape index (κ3) is 3.06. The van der Waals surface area contributed by atoms with Crippen LogP contribution in [0.4, 0.5) is 5.95 Å². The maximum absolute atomic E-state index is 4.42. The Morgan fingerprint density at radius 2 is 2.00 bits per heavy atom. The molecule has 0 aromatic carbocycles. The Balaban J connectivity index is 1.48. The van der Waals surface area contributed by atoms with Crippen LogP contribution in [0.3, 0.4) is 0 Å². The van der Waals surface area contributed by atoms with Gasteiger partial charge in [0.2, 0.25) is 5.95 Å². The van der Waals surface area contributed by atoms with Crippen LogP contribution in [-0.2, 0) is 6.54 Å². The number of aromatic nitrogens is 2. The molecular weight excluding hydrogens is 222 g/mol. The summed E-state index contributed by atoms with van der Waals surface area (Å²) in [7, 11) is 0. The summed E-state index contributed by atoms with van der Waals surface area (Å²) in [5.41, 5.74) is 0.